The summed E-state index contributed by atoms with van der Waals surface area (Å²) in [6.07, 6.45) is 1.43. The fourth-order valence-electron chi connectivity index (χ4n) is 2.33. The molecule has 20 heavy (non-hydrogen) atoms. The molecule has 0 bridgehead atoms. The van der Waals surface area contributed by atoms with Crippen LogP contribution in [0.25, 0.3) is 10.9 Å². The Balaban J connectivity index is 2.38. The van der Waals surface area contributed by atoms with E-state index in [0.717, 1.165) is 21.5 Å². The van der Waals surface area contributed by atoms with Crippen molar-refractivity contribution in [2.75, 3.05) is 6.54 Å². The zero-order valence-electron chi connectivity index (χ0n) is 12.2. The lowest BCUT2D eigenvalue weighted by Crippen LogP contribution is -2.36. The number of nitrogens with zero attached hydrogens (tertiary/aromatic N) is 2. The van der Waals surface area contributed by atoms with Crippen molar-refractivity contribution in [2.45, 2.75) is 39.5 Å². The largest absolute Gasteiger partial charge is 0.392 e. The molecule has 4 heteroatoms. The number of aliphatic hydroxyl groups excluding tert-OH is 1. The molecule has 0 aliphatic heterocycles. The number of hydrogen-bond acceptors (Lipinski definition) is 3. The summed E-state index contributed by atoms with van der Waals surface area (Å²) in [6.45, 7) is 7.36. The summed E-state index contributed by atoms with van der Waals surface area (Å²) in [4.78, 5) is 6.67. The molecule has 0 aliphatic rings. The summed E-state index contributed by atoms with van der Waals surface area (Å²) in [7, 11) is 0. The van der Waals surface area contributed by atoms with Gasteiger partial charge in [-0.25, -0.2) is 0 Å². The molecular formula is C16H21ClN2O. The van der Waals surface area contributed by atoms with E-state index < -0.39 is 0 Å². The van der Waals surface area contributed by atoms with Gasteiger partial charge in [-0.05, 0) is 32.9 Å². The second kappa shape index (κ2) is 6.53. The van der Waals surface area contributed by atoms with Crippen LogP contribution in [0.1, 0.15) is 26.3 Å². The Morgan fingerprint density at radius 3 is 2.65 bits per heavy atom. The lowest BCUT2D eigenvalue weighted by Gasteiger charge is -2.28. The lowest BCUT2D eigenvalue weighted by atomic mass is 10.1. The fraction of sp³-hybridized carbons (Fsp3) is 0.438. The van der Waals surface area contributed by atoms with Crippen molar-refractivity contribution in [3.05, 3.63) is 41.0 Å². The van der Waals surface area contributed by atoms with E-state index in [4.69, 9.17) is 11.6 Å². The molecule has 1 atom stereocenters. The number of benzene rings is 1. The van der Waals surface area contributed by atoms with E-state index in [1.807, 2.05) is 24.3 Å². The molecule has 0 spiro atoms. The second-order valence-corrected chi connectivity index (χ2v) is 5.88. The topological polar surface area (TPSA) is 36.4 Å². The van der Waals surface area contributed by atoms with Crippen molar-refractivity contribution in [1.82, 2.24) is 9.88 Å². The van der Waals surface area contributed by atoms with Crippen LogP contribution in [0, 0.1) is 0 Å². The number of aliphatic hydroxyl groups is 1. The first-order valence-electron chi connectivity index (χ1n) is 6.93. The van der Waals surface area contributed by atoms with Gasteiger partial charge in [0.05, 0.1) is 11.6 Å². The minimum absolute atomic E-state index is 0.333. The molecule has 0 saturated heterocycles. The van der Waals surface area contributed by atoms with Crippen LogP contribution >= 0.6 is 11.6 Å². The lowest BCUT2D eigenvalue weighted by molar-refractivity contribution is 0.103. The Labute approximate surface area is 125 Å². The summed E-state index contributed by atoms with van der Waals surface area (Å²) in [5.74, 6) is 0. The highest BCUT2D eigenvalue weighted by Crippen LogP contribution is 2.26. The molecule has 0 saturated carbocycles. The van der Waals surface area contributed by atoms with Crippen LogP contribution in [0.4, 0.5) is 0 Å². The highest BCUT2D eigenvalue weighted by atomic mass is 35.5. The van der Waals surface area contributed by atoms with Crippen LogP contribution in [0.15, 0.2) is 30.5 Å². The Bertz CT molecular complexity index is 584. The average Bonchev–Trinajstić information content (AvgIpc) is 2.40. The molecular weight excluding hydrogens is 272 g/mol. The van der Waals surface area contributed by atoms with Crippen molar-refractivity contribution >= 4 is 22.5 Å². The highest BCUT2D eigenvalue weighted by molar-refractivity contribution is 6.32. The Hall–Kier alpha value is -1.16. The number of fused-ring (bicyclic) bond motifs is 1. The van der Waals surface area contributed by atoms with E-state index in [-0.39, 0.29) is 6.10 Å². The second-order valence-electron chi connectivity index (χ2n) is 5.47. The Kier molecular flexibility index (Phi) is 4.97. The molecule has 1 N–H and O–H groups in total. The quantitative estimate of drug-likeness (QED) is 0.916. The molecule has 3 nitrogen and oxygen atoms in total. The molecule has 0 radical (unpaired) electrons. The van der Waals surface area contributed by atoms with E-state index in [1.54, 1.807) is 13.1 Å². The van der Waals surface area contributed by atoms with Gasteiger partial charge >= 0.3 is 0 Å². The summed E-state index contributed by atoms with van der Waals surface area (Å²) in [5, 5.41) is 11.5. The third-order valence-corrected chi connectivity index (χ3v) is 3.77. The maximum Gasteiger partial charge on any atom is 0.0761 e. The number of aromatic nitrogens is 1. The van der Waals surface area contributed by atoms with Gasteiger partial charge in [0.2, 0.25) is 0 Å². The van der Waals surface area contributed by atoms with Gasteiger partial charge in [0, 0.05) is 41.3 Å². The van der Waals surface area contributed by atoms with Crippen molar-refractivity contribution in [2.24, 2.45) is 0 Å². The smallest absolute Gasteiger partial charge is 0.0761 e. The van der Waals surface area contributed by atoms with Gasteiger partial charge in [0.15, 0.2) is 0 Å². The molecule has 1 aromatic heterocycles. The van der Waals surface area contributed by atoms with Gasteiger partial charge in [-0.2, -0.15) is 0 Å². The summed E-state index contributed by atoms with van der Waals surface area (Å²) < 4.78 is 0. The summed E-state index contributed by atoms with van der Waals surface area (Å²) in [6, 6.07) is 8.20. The molecule has 0 aliphatic carbocycles. The van der Waals surface area contributed by atoms with E-state index in [0.29, 0.717) is 19.1 Å². The third kappa shape index (κ3) is 3.48. The van der Waals surface area contributed by atoms with Crippen LogP contribution < -0.4 is 0 Å². The Morgan fingerprint density at radius 1 is 1.25 bits per heavy atom. The molecule has 0 amide bonds. The molecule has 108 valence electrons. The van der Waals surface area contributed by atoms with Gasteiger partial charge in [-0.3, -0.25) is 9.88 Å². The molecule has 0 fully saturated rings. The van der Waals surface area contributed by atoms with Crippen molar-refractivity contribution in [1.29, 1.82) is 0 Å². The number of halogens is 1. The maximum atomic E-state index is 9.64. The number of pyridine rings is 1. The SMILES string of the molecule is CC(O)CN(Cc1c(Cl)ccc2cccnc12)C(C)C. The summed E-state index contributed by atoms with van der Waals surface area (Å²) >= 11 is 6.36. The van der Waals surface area contributed by atoms with Gasteiger partial charge in [0.25, 0.3) is 0 Å². The summed E-state index contributed by atoms with van der Waals surface area (Å²) in [5.41, 5.74) is 1.97. The minimum atomic E-state index is -0.362. The van der Waals surface area contributed by atoms with Crippen molar-refractivity contribution in [3.63, 3.8) is 0 Å². The van der Waals surface area contributed by atoms with Crippen LogP contribution in [0.3, 0.4) is 0 Å². The van der Waals surface area contributed by atoms with Crippen molar-refractivity contribution < 1.29 is 5.11 Å². The van der Waals surface area contributed by atoms with Gasteiger partial charge in [-0.15, -0.1) is 0 Å². The van der Waals surface area contributed by atoms with Crippen molar-refractivity contribution in [3.8, 4) is 0 Å². The molecule has 2 aromatic rings. The first-order chi connectivity index (χ1) is 9.49. The van der Waals surface area contributed by atoms with E-state index in [9.17, 15) is 5.11 Å². The monoisotopic (exact) mass is 292 g/mol. The van der Waals surface area contributed by atoms with Gasteiger partial charge < -0.3 is 5.11 Å². The molecule has 1 aromatic carbocycles. The molecule has 2 rings (SSSR count). The van der Waals surface area contributed by atoms with E-state index in [2.05, 4.69) is 23.7 Å². The molecule has 1 unspecified atom stereocenters. The standard InChI is InChI=1S/C16H21ClN2O/c1-11(2)19(9-12(3)20)10-14-15(17)7-6-13-5-4-8-18-16(13)14/h4-8,11-12,20H,9-10H2,1-3H3. The highest BCUT2D eigenvalue weighted by Gasteiger charge is 2.16. The van der Waals surface area contributed by atoms with Crippen LogP contribution in [-0.4, -0.2) is 33.7 Å². The minimum Gasteiger partial charge on any atom is -0.392 e. The fourth-order valence-corrected chi connectivity index (χ4v) is 2.54. The van der Waals surface area contributed by atoms with Crippen LogP contribution in [0.2, 0.25) is 5.02 Å². The van der Waals surface area contributed by atoms with E-state index in [1.165, 1.54) is 0 Å². The van der Waals surface area contributed by atoms with E-state index >= 15 is 0 Å². The Morgan fingerprint density at radius 2 is 2.00 bits per heavy atom. The first kappa shape index (κ1) is 15.2. The van der Waals surface area contributed by atoms with Crippen LogP contribution in [-0.2, 0) is 6.54 Å². The number of hydrogen-bond donors (Lipinski definition) is 1. The molecule has 1 heterocycles. The normalized spacial score (nSPS) is 13.3. The maximum absolute atomic E-state index is 9.64. The number of rotatable bonds is 5. The predicted molar refractivity (Wildman–Crippen MR) is 84.0 cm³/mol. The first-order valence-corrected chi connectivity index (χ1v) is 7.31. The van der Waals surface area contributed by atoms with Gasteiger partial charge in [0.1, 0.15) is 0 Å². The predicted octanol–water partition coefficient (Wildman–Crippen LogP) is 3.48. The average molecular weight is 293 g/mol. The van der Waals surface area contributed by atoms with Gasteiger partial charge in [-0.1, -0.05) is 23.7 Å². The van der Waals surface area contributed by atoms with Crippen LogP contribution in [0.5, 0.6) is 0 Å². The zero-order valence-corrected chi connectivity index (χ0v) is 12.9. The third-order valence-electron chi connectivity index (χ3n) is 3.41. The zero-order chi connectivity index (χ0) is 14.7.